The predicted octanol–water partition coefficient (Wildman–Crippen LogP) is 2.18. The molecule has 1 spiro atoms. The van der Waals surface area contributed by atoms with E-state index in [-0.39, 0.29) is 11.2 Å². The Morgan fingerprint density at radius 2 is 1.79 bits per heavy atom. The summed E-state index contributed by atoms with van der Waals surface area (Å²) in [5, 5.41) is 1.03. The average molecular weight is 283 g/mol. The predicted molar refractivity (Wildman–Crippen MR) is 74.7 cm³/mol. The van der Waals surface area contributed by atoms with Crippen molar-refractivity contribution in [1.29, 1.82) is 0 Å². The molecule has 19 heavy (non-hydrogen) atoms. The lowest BCUT2D eigenvalue weighted by molar-refractivity contribution is -0.169. The lowest BCUT2D eigenvalue weighted by Gasteiger charge is -2.37. The highest BCUT2D eigenvalue weighted by molar-refractivity contribution is 7.09. The van der Waals surface area contributed by atoms with Crippen LogP contribution < -0.4 is 4.90 Å². The molecule has 2 aliphatic rings. The second-order valence-corrected chi connectivity index (χ2v) is 6.98. The van der Waals surface area contributed by atoms with Gasteiger partial charge in [0.15, 0.2) is 5.79 Å². The van der Waals surface area contributed by atoms with Crippen molar-refractivity contribution < 1.29 is 9.47 Å². The molecular formula is C13H21N3O2S. The maximum absolute atomic E-state index is 5.74. The van der Waals surface area contributed by atoms with Crippen LogP contribution in [0.15, 0.2) is 0 Å². The lowest BCUT2D eigenvalue weighted by Crippen LogP contribution is -2.45. The maximum atomic E-state index is 5.74. The second-order valence-electron chi connectivity index (χ2n) is 6.25. The van der Waals surface area contributed by atoms with Crippen molar-refractivity contribution in [2.24, 2.45) is 0 Å². The summed E-state index contributed by atoms with van der Waals surface area (Å²) in [5.41, 5.74) is 0.0173. The minimum Gasteiger partial charge on any atom is -0.347 e. The Balaban J connectivity index is 1.66. The van der Waals surface area contributed by atoms with E-state index >= 15 is 0 Å². The van der Waals surface area contributed by atoms with Gasteiger partial charge in [0.1, 0.15) is 5.82 Å². The van der Waals surface area contributed by atoms with Crippen LogP contribution >= 0.6 is 11.5 Å². The first-order chi connectivity index (χ1) is 8.99. The number of anilines is 1. The van der Waals surface area contributed by atoms with Gasteiger partial charge in [0.2, 0.25) is 5.13 Å². The van der Waals surface area contributed by atoms with Crippen LogP contribution in [0.1, 0.15) is 39.4 Å². The molecule has 0 amide bonds. The summed E-state index contributed by atoms with van der Waals surface area (Å²) in [7, 11) is 0. The van der Waals surface area contributed by atoms with E-state index in [4.69, 9.17) is 9.47 Å². The van der Waals surface area contributed by atoms with Crippen LogP contribution in [0.5, 0.6) is 0 Å². The fourth-order valence-electron chi connectivity index (χ4n) is 2.47. The summed E-state index contributed by atoms with van der Waals surface area (Å²) in [6.07, 6.45) is 1.83. The van der Waals surface area contributed by atoms with Gasteiger partial charge in [0.25, 0.3) is 0 Å². The smallest absolute Gasteiger partial charge is 0.205 e. The fourth-order valence-corrected chi connectivity index (χ4v) is 3.38. The van der Waals surface area contributed by atoms with Gasteiger partial charge in [-0.1, -0.05) is 20.8 Å². The fraction of sp³-hybridized carbons (Fsp3) is 0.846. The summed E-state index contributed by atoms with van der Waals surface area (Å²) in [5.74, 6) is 0.620. The van der Waals surface area contributed by atoms with Gasteiger partial charge in [0, 0.05) is 42.9 Å². The van der Waals surface area contributed by atoms with E-state index in [1.165, 1.54) is 11.5 Å². The minimum absolute atomic E-state index is 0.0173. The number of piperidine rings is 1. The van der Waals surface area contributed by atoms with E-state index < -0.39 is 0 Å². The molecule has 0 aliphatic carbocycles. The first-order valence-corrected chi connectivity index (χ1v) is 7.63. The van der Waals surface area contributed by atoms with Crippen molar-refractivity contribution in [3.05, 3.63) is 5.82 Å². The minimum atomic E-state index is -0.311. The first-order valence-electron chi connectivity index (χ1n) is 6.86. The van der Waals surface area contributed by atoms with Gasteiger partial charge < -0.3 is 14.4 Å². The maximum Gasteiger partial charge on any atom is 0.205 e. The molecule has 2 aliphatic heterocycles. The van der Waals surface area contributed by atoms with Crippen LogP contribution in [0.4, 0.5) is 5.13 Å². The molecule has 0 atom stereocenters. The normalized spacial score (nSPS) is 23.2. The molecule has 6 heteroatoms. The Morgan fingerprint density at radius 1 is 1.16 bits per heavy atom. The van der Waals surface area contributed by atoms with Crippen LogP contribution in [-0.2, 0) is 14.9 Å². The van der Waals surface area contributed by atoms with Crippen LogP contribution in [-0.4, -0.2) is 41.4 Å². The molecule has 1 aromatic heterocycles. The molecule has 0 saturated carbocycles. The highest BCUT2D eigenvalue weighted by Crippen LogP contribution is 2.34. The number of rotatable bonds is 1. The van der Waals surface area contributed by atoms with E-state index in [0.29, 0.717) is 0 Å². The van der Waals surface area contributed by atoms with Gasteiger partial charge in [-0.15, -0.1) is 0 Å². The van der Waals surface area contributed by atoms with Gasteiger partial charge in [-0.25, -0.2) is 4.98 Å². The molecule has 5 nitrogen and oxygen atoms in total. The van der Waals surface area contributed by atoms with Gasteiger partial charge >= 0.3 is 0 Å². The zero-order valence-electron chi connectivity index (χ0n) is 11.8. The number of nitrogens with zero attached hydrogens (tertiary/aromatic N) is 3. The first kappa shape index (κ1) is 13.3. The molecule has 1 aromatic rings. The molecule has 0 aromatic carbocycles. The third-order valence-corrected chi connectivity index (χ3v) is 4.47. The van der Waals surface area contributed by atoms with Crippen molar-refractivity contribution in [2.45, 2.75) is 44.8 Å². The zero-order chi connectivity index (χ0) is 13.5. The third kappa shape index (κ3) is 2.61. The van der Waals surface area contributed by atoms with E-state index in [0.717, 1.165) is 50.1 Å². The molecule has 2 saturated heterocycles. The largest absolute Gasteiger partial charge is 0.347 e. The van der Waals surface area contributed by atoms with E-state index in [2.05, 4.69) is 35.0 Å². The SMILES string of the molecule is CC(C)(C)c1nsc(N2CCC3(CC2)OCCO3)n1. The quantitative estimate of drug-likeness (QED) is 0.790. The van der Waals surface area contributed by atoms with Crippen molar-refractivity contribution in [2.75, 3.05) is 31.2 Å². The molecule has 0 unspecified atom stereocenters. The summed E-state index contributed by atoms with van der Waals surface area (Å²) in [6.45, 7) is 9.75. The molecule has 0 N–H and O–H groups in total. The Labute approximate surface area is 118 Å². The number of hydrogen-bond donors (Lipinski definition) is 0. The van der Waals surface area contributed by atoms with E-state index in [1.54, 1.807) is 0 Å². The Bertz CT molecular complexity index is 439. The Kier molecular flexibility index (Phi) is 3.27. The molecule has 2 fully saturated rings. The van der Waals surface area contributed by atoms with Crippen LogP contribution in [0.3, 0.4) is 0 Å². The Hall–Kier alpha value is -0.720. The lowest BCUT2D eigenvalue weighted by atomic mass is 9.96. The van der Waals surface area contributed by atoms with Gasteiger partial charge in [-0.2, -0.15) is 4.37 Å². The number of ether oxygens (including phenoxy) is 2. The molecule has 106 valence electrons. The molecule has 0 bridgehead atoms. The Morgan fingerprint density at radius 3 is 2.32 bits per heavy atom. The standard InChI is InChI=1S/C13H21N3O2S/c1-12(2,3)10-14-11(19-15-10)16-6-4-13(5-7-16)17-8-9-18-13/h4-9H2,1-3H3. The van der Waals surface area contributed by atoms with Crippen molar-refractivity contribution in [1.82, 2.24) is 9.36 Å². The second kappa shape index (κ2) is 4.68. The van der Waals surface area contributed by atoms with Crippen molar-refractivity contribution in [3.63, 3.8) is 0 Å². The van der Waals surface area contributed by atoms with Gasteiger partial charge in [-0.3, -0.25) is 0 Å². The summed E-state index contributed by atoms with van der Waals surface area (Å²) in [6, 6.07) is 0. The topological polar surface area (TPSA) is 47.5 Å². The highest BCUT2D eigenvalue weighted by Gasteiger charge is 2.40. The molecule has 0 radical (unpaired) electrons. The summed E-state index contributed by atoms with van der Waals surface area (Å²) in [4.78, 5) is 6.97. The zero-order valence-corrected chi connectivity index (χ0v) is 12.6. The molecular weight excluding hydrogens is 262 g/mol. The average Bonchev–Trinajstić information content (AvgIpc) is 2.99. The van der Waals surface area contributed by atoms with Crippen molar-refractivity contribution >= 4 is 16.7 Å². The van der Waals surface area contributed by atoms with Crippen LogP contribution in [0.25, 0.3) is 0 Å². The molecule has 3 heterocycles. The number of aromatic nitrogens is 2. The van der Waals surface area contributed by atoms with Crippen LogP contribution in [0, 0.1) is 0 Å². The van der Waals surface area contributed by atoms with E-state index in [9.17, 15) is 0 Å². The highest BCUT2D eigenvalue weighted by atomic mass is 32.1. The summed E-state index contributed by atoms with van der Waals surface area (Å²) < 4.78 is 16.0. The van der Waals surface area contributed by atoms with Crippen LogP contribution in [0.2, 0.25) is 0 Å². The number of hydrogen-bond acceptors (Lipinski definition) is 6. The van der Waals surface area contributed by atoms with Gasteiger partial charge in [-0.05, 0) is 0 Å². The monoisotopic (exact) mass is 283 g/mol. The van der Waals surface area contributed by atoms with Crippen molar-refractivity contribution in [3.8, 4) is 0 Å². The molecule has 3 rings (SSSR count). The van der Waals surface area contributed by atoms with Gasteiger partial charge in [0.05, 0.1) is 13.2 Å². The van der Waals surface area contributed by atoms with E-state index in [1.807, 2.05) is 0 Å². The third-order valence-electron chi connectivity index (χ3n) is 3.70. The summed E-state index contributed by atoms with van der Waals surface area (Å²) >= 11 is 1.50.